The molecule has 1 fully saturated rings. The maximum absolute atomic E-state index is 9.60. The fourth-order valence-electron chi connectivity index (χ4n) is 0.935. The molecule has 4 nitrogen and oxygen atoms in total. The van der Waals surface area contributed by atoms with Gasteiger partial charge in [-0.3, -0.25) is 0 Å². The molecule has 0 bridgehead atoms. The van der Waals surface area contributed by atoms with E-state index in [1.165, 1.54) is 6.92 Å². The zero-order valence-electron chi connectivity index (χ0n) is 12.0. The van der Waals surface area contributed by atoms with Crippen LogP contribution in [0.1, 0.15) is 19.4 Å². The van der Waals surface area contributed by atoms with Crippen LogP contribution in [0.4, 0.5) is 0 Å². The molecule has 0 aliphatic carbocycles. The van der Waals surface area contributed by atoms with Crippen LogP contribution < -0.4 is 0 Å². The molecule has 0 spiro atoms. The third-order valence-corrected chi connectivity index (χ3v) is 2.22. The molecule has 1 aromatic rings. The van der Waals surface area contributed by atoms with E-state index in [0.29, 0.717) is 11.9 Å². The summed E-state index contributed by atoms with van der Waals surface area (Å²) in [6, 6.07) is 7.27. The van der Waals surface area contributed by atoms with E-state index in [-0.39, 0.29) is 5.57 Å². The Kier molecular flexibility index (Phi) is 8.79. The Morgan fingerprint density at radius 3 is 2.25 bits per heavy atom. The average Bonchev–Trinajstić information content (AvgIpc) is 3.16. The lowest BCUT2D eigenvalue weighted by atomic mass is 10.1. The zero-order chi connectivity index (χ0) is 15.5. The third-order valence-electron chi connectivity index (χ3n) is 2.22. The number of aromatic hydroxyl groups is 1. The lowest BCUT2D eigenvalue weighted by Crippen LogP contribution is -1.92. The number of carboxylic acid groups (broad SMARTS) is 1. The molecule has 1 unspecified atom stereocenters. The van der Waals surface area contributed by atoms with E-state index in [0.717, 1.165) is 18.6 Å². The van der Waals surface area contributed by atoms with Gasteiger partial charge < -0.3 is 14.9 Å². The van der Waals surface area contributed by atoms with Crippen molar-refractivity contribution in [1.29, 1.82) is 0 Å². The summed E-state index contributed by atoms with van der Waals surface area (Å²) in [6.07, 6.45) is 3.09. The second-order valence-corrected chi connectivity index (χ2v) is 4.35. The first-order chi connectivity index (χ1) is 9.38. The molecule has 4 heteroatoms. The number of benzene rings is 1. The summed E-state index contributed by atoms with van der Waals surface area (Å²) in [5, 5.41) is 17.1. The molecule has 0 amide bonds. The Hall–Kier alpha value is -2.07. The summed E-state index contributed by atoms with van der Waals surface area (Å²) in [6.45, 7) is 11.2. The van der Waals surface area contributed by atoms with Crippen molar-refractivity contribution < 1.29 is 19.7 Å². The Balaban J connectivity index is 0.000000305. The summed E-state index contributed by atoms with van der Waals surface area (Å²) >= 11 is 0. The SMILES string of the molecule is C=C(C)C(=O)O.C=CCc1ccccc1O.CC1CO1. The van der Waals surface area contributed by atoms with Crippen molar-refractivity contribution in [2.75, 3.05) is 6.61 Å². The summed E-state index contributed by atoms with van der Waals surface area (Å²) in [7, 11) is 0. The van der Waals surface area contributed by atoms with Crippen LogP contribution in [0.2, 0.25) is 0 Å². The number of phenols is 1. The van der Waals surface area contributed by atoms with Crippen LogP contribution in [-0.4, -0.2) is 28.9 Å². The number of phenolic OH excluding ortho intramolecular Hbond substituents is 1. The van der Waals surface area contributed by atoms with Gasteiger partial charge in [0.05, 0.1) is 12.7 Å². The summed E-state index contributed by atoms with van der Waals surface area (Å²) in [5.41, 5.74) is 1.10. The van der Waals surface area contributed by atoms with Gasteiger partial charge in [0, 0.05) is 5.57 Å². The number of rotatable bonds is 3. The summed E-state index contributed by atoms with van der Waals surface area (Å²) < 4.78 is 4.71. The predicted molar refractivity (Wildman–Crippen MR) is 79.9 cm³/mol. The number of ether oxygens (including phenoxy) is 1. The van der Waals surface area contributed by atoms with Gasteiger partial charge in [-0.1, -0.05) is 30.9 Å². The highest BCUT2D eigenvalue weighted by Gasteiger charge is 2.13. The Morgan fingerprint density at radius 2 is 1.95 bits per heavy atom. The van der Waals surface area contributed by atoms with Gasteiger partial charge in [-0.25, -0.2) is 4.79 Å². The summed E-state index contributed by atoms with van der Waals surface area (Å²) in [4.78, 5) is 9.60. The standard InChI is InChI=1S/C9H10O.C4H6O2.C3H6O/c1-2-5-8-6-3-4-7-9(8)10;1-3(2)4(5)6;1-3-2-4-3/h2-4,6-7,10H,1,5H2;1H2,2H3,(H,5,6);3H,2H2,1H3. The topological polar surface area (TPSA) is 70.1 Å². The van der Waals surface area contributed by atoms with Crippen molar-refractivity contribution >= 4 is 5.97 Å². The number of hydrogen-bond acceptors (Lipinski definition) is 3. The van der Waals surface area contributed by atoms with Gasteiger partial charge in [0.25, 0.3) is 0 Å². The van der Waals surface area contributed by atoms with Gasteiger partial charge in [-0.15, -0.1) is 6.58 Å². The van der Waals surface area contributed by atoms with Crippen LogP contribution in [0.3, 0.4) is 0 Å². The highest BCUT2D eigenvalue weighted by molar-refractivity contribution is 5.84. The molecule has 2 rings (SSSR count). The number of para-hydroxylation sites is 1. The number of hydrogen-bond donors (Lipinski definition) is 2. The molecule has 1 heterocycles. The Morgan fingerprint density at radius 1 is 1.50 bits per heavy atom. The number of aliphatic carboxylic acids is 1. The minimum atomic E-state index is -0.935. The molecule has 1 saturated heterocycles. The molecule has 1 aliphatic heterocycles. The van der Waals surface area contributed by atoms with Crippen LogP contribution in [-0.2, 0) is 16.0 Å². The van der Waals surface area contributed by atoms with E-state index in [1.54, 1.807) is 12.1 Å². The van der Waals surface area contributed by atoms with Crippen molar-refractivity contribution in [3.8, 4) is 5.75 Å². The van der Waals surface area contributed by atoms with Crippen molar-refractivity contribution in [1.82, 2.24) is 0 Å². The first kappa shape index (κ1) is 17.9. The quantitative estimate of drug-likeness (QED) is 0.506. The highest BCUT2D eigenvalue weighted by Crippen LogP contribution is 2.15. The van der Waals surface area contributed by atoms with Crippen LogP contribution in [0.5, 0.6) is 5.75 Å². The van der Waals surface area contributed by atoms with Gasteiger partial charge in [0.2, 0.25) is 0 Å². The molecule has 0 aromatic heterocycles. The fraction of sp³-hybridized carbons (Fsp3) is 0.312. The van der Waals surface area contributed by atoms with Gasteiger partial charge in [0.15, 0.2) is 0 Å². The van der Waals surface area contributed by atoms with E-state index < -0.39 is 5.97 Å². The van der Waals surface area contributed by atoms with Crippen molar-refractivity contribution in [2.45, 2.75) is 26.4 Å². The monoisotopic (exact) mass is 278 g/mol. The number of carboxylic acids is 1. The van der Waals surface area contributed by atoms with Crippen molar-refractivity contribution in [3.63, 3.8) is 0 Å². The van der Waals surface area contributed by atoms with Gasteiger partial charge in [0.1, 0.15) is 5.75 Å². The van der Waals surface area contributed by atoms with Crippen molar-refractivity contribution in [3.05, 3.63) is 54.6 Å². The van der Waals surface area contributed by atoms with E-state index in [4.69, 9.17) is 9.84 Å². The van der Waals surface area contributed by atoms with Crippen LogP contribution in [0, 0.1) is 0 Å². The minimum Gasteiger partial charge on any atom is -0.508 e. The molecule has 0 radical (unpaired) electrons. The lowest BCUT2D eigenvalue weighted by molar-refractivity contribution is -0.132. The maximum Gasteiger partial charge on any atom is 0.330 e. The Labute approximate surface area is 120 Å². The number of carbonyl (C=O) groups is 1. The van der Waals surface area contributed by atoms with E-state index in [1.807, 2.05) is 18.2 Å². The first-order valence-electron chi connectivity index (χ1n) is 6.26. The molecular weight excluding hydrogens is 256 g/mol. The molecule has 1 aliphatic rings. The molecule has 110 valence electrons. The number of epoxide rings is 1. The van der Waals surface area contributed by atoms with Gasteiger partial charge in [-0.2, -0.15) is 0 Å². The van der Waals surface area contributed by atoms with Gasteiger partial charge in [-0.05, 0) is 31.9 Å². The van der Waals surface area contributed by atoms with E-state index in [9.17, 15) is 9.90 Å². The molecule has 1 atom stereocenters. The normalized spacial score (nSPS) is 14.8. The smallest absolute Gasteiger partial charge is 0.330 e. The van der Waals surface area contributed by atoms with Crippen molar-refractivity contribution in [2.24, 2.45) is 0 Å². The van der Waals surface area contributed by atoms with Crippen LogP contribution in [0.25, 0.3) is 0 Å². The van der Waals surface area contributed by atoms with E-state index in [2.05, 4.69) is 20.1 Å². The lowest BCUT2D eigenvalue weighted by Gasteiger charge is -1.97. The zero-order valence-corrected chi connectivity index (χ0v) is 12.0. The molecule has 1 aromatic carbocycles. The minimum absolute atomic E-state index is 0.176. The van der Waals surface area contributed by atoms with Crippen LogP contribution >= 0.6 is 0 Å². The first-order valence-corrected chi connectivity index (χ1v) is 6.26. The fourth-order valence-corrected chi connectivity index (χ4v) is 0.935. The third kappa shape index (κ3) is 9.91. The Bertz CT molecular complexity index is 436. The van der Waals surface area contributed by atoms with Crippen LogP contribution in [0.15, 0.2) is 49.1 Å². The average molecular weight is 278 g/mol. The molecule has 2 N–H and O–H groups in total. The van der Waals surface area contributed by atoms with Gasteiger partial charge >= 0.3 is 5.97 Å². The number of allylic oxidation sites excluding steroid dienone is 1. The predicted octanol–water partition coefficient (Wildman–Crippen LogP) is 3.17. The second-order valence-electron chi connectivity index (χ2n) is 4.35. The largest absolute Gasteiger partial charge is 0.508 e. The molecular formula is C16H22O4. The highest BCUT2D eigenvalue weighted by atomic mass is 16.6. The second kappa shape index (κ2) is 9.81. The maximum atomic E-state index is 9.60. The summed E-state index contributed by atoms with van der Waals surface area (Å²) in [5.74, 6) is -0.586. The molecule has 20 heavy (non-hydrogen) atoms. The molecule has 0 saturated carbocycles. The van der Waals surface area contributed by atoms with E-state index >= 15 is 0 Å².